The number of anilines is 2. The van der Waals surface area contributed by atoms with Crippen molar-refractivity contribution in [3.05, 3.63) is 70.5 Å². The summed E-state index contributed by atoms with van der Waals surface area (Å²) in [6, 6.07) is 9.39. The smallest absolute Gasteiger partial charge is 0.382 e. The van der Waals surface area contributed by atoms with E-state index in [0.29, 0.717) is 23.4 Å². The molecule has 38 heavy (non-hydrogen) atoms. The summed E-state index contributed by atoms with van der Waals surface area (Å²) < 4.78 is 39.2. The Balaban J connectivity index is 1.41. The summed E-state index contributed by atoms with van der Waals surface area (Å²) in [7, 11) is 0. The molecule has 9 nitrogen and oxygen atoms in total. The molecule has 1 atom stereocenters. The Bertz CT molecular complexity index is 1330. The lowest BCUT2D eigenvalue weighted by atomic mass is 10.1. The molecule has 0 saturated carbocycles. The molecule has 0 spiro atoms. The molecule has 1 aliphatic heterocycles. The van der Waals surface area contributed by atoms with Crippen LogP contribution in [-0.2, 0) is 12.7 Å². The van der Waals surface area contributed by atoms with Gasteiger partial charge < -0.3 is 27.0 Å². The molecule has 1 aliphatic rings. The van der Waals surface area contributed by atoms with Crippen molar-refractivity contribution in [3.63, 3.8) is 0 Å². The van der Waals surface area contributed by atoms with Crippen molar-refractivity contribution in [2.45, 2.75) is 31.6 Å². The second-order valence-corrected chi connectivity index (χ2v) is 9.11. The van der Waals surface area contributed by atoms with Gasteiger partial charge in [0.1, 0.15) is 0 Å². The second kappa shape index (κ2) is 11.7. The van der Waals surface area contributed by atoms with Crippen LogP contribution in [0, 0.1) is 0 Å². The highest BCUT2D eigenvalue weighted by Gasteiger charge is 2.33. The molecule has 2 heterocycles. The first kappa shape index (κ1) is 27.1. The van der Waals surface area contributed by atoms with Gasteiger partial charge in [0.15, 0.2) is 11.5 Å². The molecule has 0 unspecified atom stereocenters. The highest BCUT2D eigenvalue weighted by molar-refractivity contribution is 6.31. The summed E-state index contributed by atoms with van der Waals surface area (Å²) in [5.74, 6) is -0.392. The SMILES string of the molecule is Nc1ncc(-c2cccc(CNC(=O)Nc3ccc(Cl)c(C(F)(F)F)c3)c2)nc1C(=O)N[C@H]1CCCNC1. The number of nitrogens with two attached hydrogens (primary N) is 1. The Hall–Kier alpha value is -3.90. The molecule has 200 valence electrons. The molecule has 0 bridgehead atoms. The highest BCUT2D eigenvalue weighted by Crippen LogP contribution is 2.36. The number of alkyl halides is 3. The number of benzene rings is 2. The number of nitrogen functional groups attached to an aromatic ring is 1. The van der Waals surface area contributed by atoms with Crippen LogP contribution in [0.2, 0.25) is 5.02 Å². The van der Waals surface area contributed by atoms with Crippen molar-refractivity contribution in [2.75, 3.05) is 24.1 Å². The van der Waals surface area contributed by atoms with Crippen molar-refractivity contribution in [3.8, 4) is 11.3 Å². The van der Waals surface area contributed by atoms with Gasteiger partial charge in [-0.2, -0.15) is 13.2 Å². The molecular weight excluding hydrogens is 523 g/mol. The molecule has 1 aromatic heterocycles. The van der Waals surface area contributed by atoms with E-state index in [9.17, 15) is 22.8 Å². The largest absolute Gasteiger partial charge is 0.417 e. The quantitative estimate of drug-likeness (QED) is 0.314. The Labute approximate surface area is 221 Å². The number of hydrogen-bond donors (Lipinski definition) is 5. The van der Waals surface area contributed by atoms with Crippen molar-refractivity contribution in [2.24, 2.45) is 0 Å². The maximum Gasteiger partial charge on any atom is 0.417 e. The van der Waals surface area contributed by atoms with Crippen molar-refractivity contribution < 1.29 is 22.8 Å². The van der Waals surface area contributed by atoms with Crippen LogP contribution in [0.1, 0.15) is 34.5 Å². The third-order valence-corrected chi connectivity index (χ3v) is 6.18. The van der Waals surface area contributed by atoms with E-state index in [4.69, 9.17) is 17.3 Å². The minimum Gasteiger partial charge on any atom is -0.382 e. The van der Waals surface area contributed by atoms with Crippen LogP contribution < -0.4 is 27.0 Å². The molecule has 3 amide bonds. The van der Waals surface area contributed by atoms with Gasteiger partial charge in [0.2, 0.25) is 0 Å². The van der Waals surface area contributed by atoms with E-state index in [2.05, 4.69) is 31.2 Å². The van der Waals surface area contributed by atoms with Crippen LogP contribution in [0.15, 0.2) is 48.7 Å². The lowest BCUT2D eigenvalue weighted by Crippen LogP contribution is -2.46. The summed E-state index contributed by atoms with van der Waals surface area (Å²) in [6.07, 6.45) is -1.38. The van der Waals surface area contributed by atoms with Crippen LogP contribution >= 0.6 is 11.6 Å². The van der Waals surface area contributed by atoms with Crippen LogP contribution in [0.5, 0.6) is 0 Å². The van der Waals surface area contributed by atoms with E-state index in [0.717, 1.165) is 31.5 Å². The van der Waals surface area contributed by atoms with E-state index in [1.54, 1.807) is 24.3 Å². The first-order valence-electron chi connectivity index (χ1n) is 11.7. The van der Waals surface area contributed by atoms with Crippen LogP contribution in [-0.4, -0.2) is 41.0 Å². The average molecular weight is 548 g/mol. The maximum absolute atomic E-state index is 13.1. The summed E-state index contributed by atoms with van der Waals surface area (Å²) in [5.41, 5.74) is 6.58. The number of halogens is 4. The zero-order valence-corrected chi connectivity index (χ0v) is 20.8. The first-order chi connectivity index (χ1) is 18.1. The van der Waals surface area contributed by atoms with Gasteiger partial charge in [0, 0.05) is 30.4 Å². The minimum atomic E-state index is -4.65. The predicted molar refractivity (Wildman–Crippen MR) is 138 cm³/mol. The minimum absolute atomic E-state index is 0.0143. The number of carbonyl (C=O) groups is 2. The lowest BCUT2D eigenvalue weighted by Gasteiger charge is -2.23. The van der Waals surface area contributed by atoms with E-state index in [1.165, 1.54) is 12.3 Å². The third-order valence-electron chi connectivity index (χ3n) is 5.85. The number of nitrogens with one attached hydrogen (secondary N) is 4. The Kier molecular flexibility index (Phi) is 8.32. The monoisotopic (exact) mass is 547 g/mol. The number of nitrogens with zero attached hydrogens (tertiary/aromatic N) is 2. The van der Waals surface area contributed by atoms with Gasteiger partial charge in [-0.1, -0.05) is 29.8 Å². The third kappa shape index (κ3) is 6.90. The molecule has 13 heteroatoms. The standard InChI is InChI=1S/C25H25ClF3N7O2/c26-19-7-6-16(10-18(19)25(27,28)29)35-24(38)33-11-14-3-1-4-15(9-14)20-13-32-22(30)21(36-20)23(37)34-17-5-2-8-31-12-17/h1,3-4,6-7,9-10,13,17,31H,2,5,8,11-12H2,(H2,30,32)(H,34,37)(H2,33,35,38)/t17-/m0/s1. The molecule has 1 fully saturated rings. The van der Waals surface area contributed by atoms with Gasteiger partial charge in [-0.25, -0.2) is 14.8 Å². The summed E-state index contributed by atoms with van der Waals surface area (Å²) >= 11 is 5.61. The molecule has 4 rings (SSSR count). The number of piperidine rings is 1. The molecular formula is C25H25ClF3N7O2. The number of hydrogen-bond acceptors (Lipinski definition) is 6. The number of amides is 3. The van der Waals surface area contributed by atoms with E-state index >= 15 is 0 Å². The van der Waals surface area contributed by atoms with Crippen LogP contribution in [0.25, 0.3) is 11.3 Å². The maximum atomic E-state index is 13.1. The van der Waals surface area contributed by atoms with Crippen LogP contribution in [0.4, 0.5) is 29.5 Å². The fourth-order valence-electron chi connectivity index (χ4n) is 3.95. The number of rotatable bonds is 6. The van der Waals surface area contributed by atoms with Gasteiger partial charge in [-0.15, -0.1) is 0 Å². The zero-order valence-electron chi connectivity index (χ0n) is 20.0. The highest BCUT2D eigenvalue weighted by atomic mass is 35.5. The topological polar surface area (TPSA) is 134 Å². The fraction of sp³-hybridized carbons (Fsp3) is 0.280. The fourth-order valence-corrected chi connectivity index (χ4v) is 4.18. The first-order valence-corrected chi connectivity index (χ1v) is 12.1. The summed E-state index contributed by atoms with van der Waals surface area (Å²) in [4.78, 5) is 33.6. The lowest BCUT2D eigenvalue weighted by molar-refractivity contribution is -0.137. The molecule has 3 aromatic rings. The van der Waals surface area contributed by atoms with Gasteiger partial charge in [0.05, 0.1) is 22.5 Å². The molecule has 0 radical (unpaired) electrons. The summed E-state index contributed by atoms with van der Waals surface area (Å²) in [6.45, 7) is 1.66. The number of aromatic nitrogens is 2. The Morgan fingerprint density at radius 2 is 2.00 bits per heavy atom. The summed E-state index contributed by atoms with van der Waals surface area (Å²) in [5, 5.41) is 10.6. The van der Waals surface area contributed by atoms with Crippen molar-refractivity contribution in [1.82, 2.24) is 25.9 Å². The van der Waals surface area contributed by atoms with Crippen molar-refractivity contribution >= 4 is 35.0 Å². The van der Waals surface area contributed by atoms with E-state index in [1.807, 2.05) is 0 Å². The molecule has 1 saturated heterocycles. The molecule has 6 N–H and O–H groups in total. The van der Waals surface area contributed by atoms with Gasteiger partial charge in [-0.05, 0) is 49.2 Å². The number of urea groups is 1. The Morgan fingerprint density at radius 1 is 1.18 bits per heavy atom. The van der Waals surface area contributed by atoms with Crippen molar-refractivity contribution in [1.29, 1.82) is 0 Å². The second-order valence-electron chi connectivity index (χ2n) is 8.71. The predicted octanol–water partition coefficient (Wildman–Crippen LogP) is 4.20. The van der Waals surface area contributed by atoms with Gasteiger partial charge in [0.25, 0.3) is 5.91 Å². The van der Waals surface area contributed by atoms with Gasteiger partial charge >= 0.3 is 12.2 Å². The molecule has 0 aliphatic carbocycles. The van der Waals surface area contributed by atoms with Gasteiger partial charge in [-0.3, -0.25) is 4.79 Å². The Morgan fingerprint density at radius 3 is 2.74 bits per heavy atom. The average Bonchev–Trinajstić information content (AvgIpc) is 2.89. The number of carbonyl (C=O) groups excluding carboxylic acids is 2. The van der Waals surface area contributed by atoms with Crippen LogP contribution in [0.3, 0.4) is 0 Å². The van der Waals surface area contributed by atoms with E-state index < -0.39 is 28.7 Å². The molecule has 2 aromatic carbocycles. The normalized spacial score (nSPS) is 15.5. The van der Waals surface area contributed by atoms with E-state index in [-0.39, 0.29) is 29.8 Å². The zero-order chi connectivity index (χ0) is 27.3.